The Hall–Kier alpha value is -1.77. The molecule has 120 valence electrons. The average Bonchev–Trinajstić information content (AvgIpc) is 3.18. The van der Waals surface area contributed by atoms with Crippen molar-refractivity contribution in [1.82, 2.24) is 19.3 Å². The number of nitrogens with zero attached hydrogens (tertiary/aromatic N) is 3. The Morgan fingerprint density at radius 1 is 1.30 bits per heavy atom. The lowest BCUT2D eigenvalue weighted by atomic mass is 10.1. The number of hydrogen-bond donors (Lipinski definition) is 1. The monoisotopic (exact) mass is 348 g/mol. The molecule has 0 spiro atoms. The number of benzene rings is 1. The zero-order valence-electron chi connectivity index (χ0n) is 12.6. The molecule has 2 heterocycles. The van der Waals surface area contributed by atoms with Crippen molar-refractivity contribution in [2.24, 2.45) is 0 Å². The topological polar surface area (TPSA) is 76.4 Å². The van der Waals surface area contributed by atoms with Gasteiger partial charge >= 0.3 is 0 Å². The Labute approximate surface area is 138 Å². The summed E-state index contributed by atoms with van der Waals surface area (Å²) >= 11 is 1.39. The molecule has 0 atom stereocenters. The van der Waals surface area contributed by atoms with Gasteiger partial charge in [-0.05, 0) is 49.4 Å². The number of aryl methyl sites for hydroxylation is 3. The Kier molecular flexibility index (Phi) is 3.47. The molecule has 23 heavy (non-hydrogen) atoms. The van der Waals surface area contributed by atoms with E-state index in [4.69, 9.17) is 0 Å². The number of imidazole rings is 1. The third-order valence-corrected chi connectivity index (χ3v) is 6.32. The number of fused-ring (bicyclic) bond motifs is 2. The Morgan fingerprint density at radius 2 is 2.13 bits per heavy atom. The second kappa shape index (κ2) is 5.40. The molecule has 6 nitrogen and oxygen atoms in total. The van der Waals surface area contributed by atoms with Crippen molar-refractivity contribution >= 4 is 26.3 Å². The van der Waals surface area contributed by atoms with Gasteiger partial charge in [0.05, 0.1) is 23.3 Å². The molecule has 1 N–H and O–H groups in total. The van der Waals surface area contributed by atoms with Crippen LogP contribution in [-0.2, 0) is 29.4 Å². The van der Waals surface area contributed by atoms with Gasteiger partial charge in [0.2, 0.25) is 15.0 Å². The van der Waals surface area contributed by atoms with Crippen LogP contribution in [0.15, 0.2) is 29.3 Å². The standard InChI is InChI=1S/C15H16N4O2S2/c1-10-9-19-15(17-10)22-14(18-19)8-16-23(20,21)13-6-5-11-3-2-4-12(11)7-13/h5-7,9,16H,2-4,8H2,1H3. The van der Waals surface area contributed by atoms with E-state index in [0.717, 1.165) is 35.5 Å². The van der Waals surface area contributed by atoms with E-state index in [0.29, 0.717) is 9.90 Å². The molecular formula is C15H16N4O2S2. The summed E-state index contributed by atoms with van der Waals surface area (Å²) < 4.78 is 29.2. The maximum Gasteiger partial charge on any atom is 0.240 e. The van der Waals surface area contributed by atoms with E-state index >= 15 is 0 Å². The summed E-state index contributed by atoms with van der Waals surface area (Å²) in [7, 11) is -3.52. The maximum atomic E-state index is 12.5. The molecule has 0 aliphatic heterocycles. The van der Waals surface area contributed by atoms with Gasteiger partial charge in [0.1, 0.15) is 5.01 Å². The lowest BCUT2D eigenvalue weighted by molar-refractivity contribution is 0.580. The molecule has 1 aliphatic rings. The van der Waals surface area contributed by atoms with Crippen LogP contribution in [0.3, 0.4) is 0 Å². The van der Waals surface area contributed by atoms with Crippen LogP contribution in [0.4, 0.5) is 0 Å². The van der Waals surface area contributed by atoms with Crippen molar-refractivity contribution in [2.45, 2.75) is 37.6 Å². The van der Waals surface area contributed by atoms with Crippen molar-refractivity contribution in [3.8, 4) is 0 Å². The normalized spacial score (nSPS) is 14.5. The number of hydrogen-bond acceptors (Lipinski definition) is 5. The maximum absolute atomic E-state index is 12.5. The van der Waals surface area contributed by atoms with Crippen LogP contribution in [0.25, 0.3) is 4.96 Å². The molecule has 0 unspecified atom stereocenters. The molecule has 0 saturated carbocycles. The van der Waals surface area contributed by atoms with E-state index in [2.05, 4.69) is 14.8 Å². The van der Waals surface area contributed by atoms with Gasteiger partial charge in [0.15, 0.2) is 0 Å². The predicted molar refractivity (Wildman–Crippen MR) is 88.1 cm³/mol. The van der Waals surface area contributed by atoms with Crippen LogP contribution in [0, 0.1) is 6.92 Å². The summed E-state index contributed by atoms with van der Waals surface area (Å²) in [6.45, 7) is 2.07. The highest BCUT2D eigenvalue weighted by atomic mass is 32.2. The molecule has 2 aromatic heterocycles. The summed E-state index contributed by atoms with van der Waals surface area (Å²) in [5.41, 5.74) is 3.31. The molecule has 0 fully saturated rings. The van der Waals surface area contributed by atoms with Crippen molar-refractivity contribution in [1.29, 1.82) is 0 Å². The molecule has 1 aromatic carbocycles. The Morgan fingerprint density at radius 3 is 2.96 bits per heavy atom. The molecule has 3 aromatic rings. The molecule has 0 saturated heterocycles. The average molecular weight is 348 g/mol. The predicted octanol–water partition coefficient (Wildman–Crippen LogP) is 2.07. The molecule has 8 heteroatoms. The third-order valence-electron chi connectivity index (χ3n) is 4.00. The second-order valence-electron chi connectivity index (χ2n) is 5.71. The van der Waals surface area contributed by atoms with Crippen molar-refractivity contribution in [2.75, 3.05) is 0 Å². The van der Waals surface area contributed by atoms with E-state index in [1.165, 1.54) is 16.9 Å². The molecule has 4 rings (SSSR count). The number of aromatic nitrogens is 3. The highest BCUT2D eigenvalue weighted by Gasteiger charge is 2.19. The van der Waals surface area contributed by atoms with Crippen LogP contribution in [0.2, 0.25) is 0 Å². The van der Waals surface area contributed by atoms with Gasteiger partial charge in [-0.15, -0.1) is 0 Å². The minimum Gasteiger partial charge on any atom is -0.223 e. The fraction of sp³-hybridized carbons (Fsp3) is 0.333. The first kappa shape index (κ1) is 14.8. The minimum atomic E-state index is -3.52. The van der Waals surface area contributed by atoms with E-state index in [1.807, 2.05) is 19.2 Å². The van der Waals surface area contributed by atoms with Crippen LogP contribution >= 0.6 is 11.3 Å². The SMILES string of the molecule is Cc1cn2nc(CNS(=O)(=O)c3ccc4c(c3)CCC4)sc2n1. The quantitative estimate of drug-likeness (QED) is 0.783. The van der Waals surface area contributed by atoms with Crippen LogP contribution in [0.1, 0.15) is 28.2 Å². The third kappa shape index (κ3) is 2.77. The van der Waals surface area contributed by atoms with Crippen LogP contribution in [-0.4, -0.2) is 23.0 Å². The van der Waals surface area contributed by atoms with Gasteiger partial charge in [0.25, 0.3) is 0 Å². The van der Waals surface area contributed by atoms with Crippen LogP contribution < -0.4 is 4.72 Å². The van der Waals surface area contributed by atoms with Crippen LogP contribution in [0.5, 0.6) is 0 Å². The van der Waals surface area contributed by atoms with E-state index in [9.17, 15) is 8.42 Å². The Balaban J connectivity index is 1.53. The highest BCUT2D eigenvalue weighted by Crippen LogP contribution is 2.25. The number of nitrogens with one attached hydrogen (secondary N) is 1. The van der Waals surface area contributed by atoms with Crippen molar-refractivity contribution in [3.05, 3.63) is 46.2 Å². The molecule has 0 radical (unpaired) electrons. The summed E-state index contributed by atoms with van der Waals surface area (Å²) in [4.78, 5) is 5.42. The van der Waals surface area contributed by atoms with E-state index in [-0.39, 0.29) is 6.54 Å². The van der Waals surface area contributed by atoms with E-state index in [1.54, 1.807) is 16.6 Å². The van der Waals surface area contributed by atoms with E-state index < -0.39 is 10.0 Å². The second-order valence-corrected chi connectivity index (χ2v) is 8.52. The molecule has 0 amide bonds. The largest absolute Gasteiger partial charge is 0.240 e. The van der Waals surface area contributed by atoms with Crippen molar-refractivity contribution < 1.29 is 8.42 Å². The molecule has 0 bridgehead atoms. The smallest absolute Gasteiger partial charge is 0.223 e. The first-order valence-electron chi connectivity index (χ1n) is 7.44. The van der Waals surface area contributed by atoms with Crippen molar-refractivity contribution in [3.63, 3.8) is 0 Å². The summed E-state index contributed by atoms with van der Waals surface area (Å²) in [6.07, 6.45) is 4.93. The summed E-state index contributed by atoms with van der Waals surface area (Å²) in [6, 6.07) is 5.41. The van der Waals surface area contributed by atoms with Gasteiger partial charge in [-0.2, -0.15) is 5.10 Å². The van der Waals surface area contributed by atoms with Gasteiger partial charge in [-0.1, -0.05) is 17.4 Å². The molecule has 1 aliphatic carbocycles. The fourth-order valence-corrected chi connectivity index (χ4v) is 4.87. The van der Waals surface area contributed by atoms with Gasteiger partial charge < -0.3 is 0 Å². The Bertz CT molecular complexity index is 957. The highest BCUT2D eigenvalue weighted by molar-refractivity contribution is 7.89. The first-order chi connectivity index (χ1) is 11.0. The summed E-state index contributed by atoms with van der Waals surface area (Å²) in [5.74, 6) is 0. The van der Waals surface area contributed by atoms with Gasteiger partial charge in [0, 0.05) is 0 Å². The first-order valence-corrected chi connectivity index (χ1v) is 9.74. The lowest BCUT2D eigenvalue weighted by Crippen LogP contribution is -2.23. The number of sulfonamides is 1. The fourth-order valence-electron chi connectivity index (χ4n) is 2.88. The zero-order valence-corrected chi connectivity index (χ0v) is 14.2. The van der Waals surface area contributed by atoms with Gasteiger partial charge in [-0.3, -0.25) is 0 Å². The zero-order chi connectivity index (χ0) is 16.0. The number of rotatable bonds is 4. The van der Waals surface area contributed by atoms with Gasteiger partial charge in [-0.25, -0.2) is 22.6 Å². The minimum absolute atomic E-state index is 0.173. The summed E-state index contributed by atoms with van der Waals surface area (Å²) in [5, 5.41) is 5.03. The lowest BCUT2D eigenvalue weighted by Gasteiger charge is -2.07. The molecular weight excluding hydrogens is 332 g/mol.